The summed E-state index contributed by atoms with van der Waals surface area (Å²) in [5.41, 5.74) is 0.407. The second-order valence-corrected chi connectivity index (χ2v) is 9.67. The van der Waals surface area contributed by atoms with Crippen LogP contribution in [0.15, 0.2) is 64.2 Å². The first-order chi connectivity index (χ1) is 17.1. The summed E-state index contributed by atoms with van der Waals surface area (Å²) in [5, 5.41) is 17.9. The van der Waals surface area contributed by atoms with Crippen molar-refractivity contribution < 1.29 is 35.5 Å². The molecule has 0 fully saturated rings. The Morgan fingerprint density at radius 3 is 2.19 bits per heavy atom. The molecular formula is C22H15F4N5O4S. The van der Waals surface area contributed by atoms with Crippen molar-refractivity contribution in [3.05, 3.63) is 89.3 Å². The summed E-state index contributed by atoms with van der Waals surface area (Å²) in [6.45, 7) is -0.202. The monoisotopic (exact) mass is 521 g/mol. The molecule has 0 radical (unpaired) electrons. The van der Waals surface area contributed by atoms with Crippen molar-refractivity contribution in [3.63, 3.8) is 0 Å². The van der Waals surface area contributed by atoms with Crippen LogP contribution in [0, 0.1) is 11.6 Å². The van der Waals surface area contributed by atoms with Gasteiger partial charge in [-0.15, -0.1) is 10.2 Å². The molecule has 36 heavy (non-hydrogen) atoms. The van der Waals surface area contributed by atoms with Crippen LogP contribution in [0.3, 0.4) is 0 Å². The Kier molecular flexibility index (Phi) is 6.02. The number of aliphatic hydroxyl groups is 1. The number of halogens is 4. The molecule has 1 aliphatic heterocycles. The third-order valence-electron chi connectivity index (χ3n) is 5.57. The maximum atomic E-state index is 13.6. The van der Waals surface area contributed by atoms with E-state index in [9.17, 15) is 31.1 Å². The molecular weight excluding hydrogens is 506 g/mol. The van der Waals surface area contributed by atoms with Crippen LogP contribution < -0.4 is 0 Å². The largest absolute Gasteiger partial charge is 0.415 e. The second kappa shape index (κ2) is 9.04. The number of aromatic nitrogens is 4. The van der Waals surface area contributed by atoms with Gasteiger partial charge < -0.3 is 9.52 Å². The van der Waals surface area contributed by atoms with Gasteiger partial charge in [-0.25, -0.2) is 17.2 Å². The molecule has 0 bridgehead atoms. The van der Waals surface area contributed by atoms with Gasteiger partial charge in [-0.2, -0.15) is 13.1 Å². The van der Waals surface area contributed by atoms with Gasteiger partial charge in [0.1, 0.15) is 17.7 Å². The number of fused-ring (bicyclic) bond motifs is 1. The van der Waals surface area contributed by atoms with Crippen molar-refractivity contribution in [2.45, 2.75) is 30.0 Å². The summed E-state index contributed by atoms with van der Waals surface area (Å²) in [6.07, 6.45) is -2.86. The Balaban J connectivity index is 1.56. The van der Waals surface area contributed by atoms with E-state index in [0.29, 0.717) is 5.56 Å². The molecule has 5 rings (SSSR count). The number of pyridine rings is 2. The topological polar surface area (TPSA) is 122 Å². The lowest BCUT2D eigenvalue weighted by Gasteiger charge is -2.29. The van der Waals surface area contributed by atoms with Crippen LogP contribution >= 0.6 is 0 Å². The molecule has 1 N–H and O–H groups in total. The summed E-state index contributed by atoms with van der Waals surface area (Å²) < 4.78 is 85.6. The Labute approximate surface area is 201 Å². The molecule has 0 saturated heterocycles. The molecule has 4 heterocycles. The van der Waals surface area contributed by atoms with E-state index in [1.807, 2.05) is 0 Å². The molecule has 4 aromatic rings. The fourth-order valence-corrected chi connectivity index (χ4v) is 5.70. The van der Waals surface area contributed by atoms with E-state index in [1.165, 1.54) is 30.3 Å². The first-order valence-electron chi connectivity index (χ1n) is 10.3. The van der Waals surface area contributed by atoms with Crippen molar-refractivity contribution in [2.75, 3.05) is 0 Å². The van der Waals surface area contributed by atoms with Crippen molar-refractivity contribution in [2.24, 2.45) is 0 Å². The third kappa shape index (κ3) is 4.23. The van der Waals surface area contributed by atoms with E-state index in [-0.39, 0.29) is 34.3 Å². The number of aliphatic hydroxyl groups excluding tert-OH is 1. The van der Waals surface area contributed by atoms with Crippen LogP contribution in [0.5, 0.6) is 0 Å². The summed E-state index contributed by atoms with van der Waals surface area (Å²) in [5.74, 6) is -2.54. The molecule has 0 unspecified atom stereocenters. The van der Waals surface area contributed by atoms with Gasteiger partial charge in [0.25, 0.3) is 5.89 Å². The summed E-state index contributed by atoms with van der Waals surface area (Å²) in [7, 11) is -4.31. The van der Waals surface area contributed by atoms with Gasteiger partial charge >= 0.3 is 6.43 Å². The van der Waals surface area contributed by atoms with Gasteiger partial charge in [0.2, 0.25) is 15.9 Å². The Morgan fingerprint density at radius 1 is 0.944 bits per heavy atom. The SMILES string of the molecule is O=S1(=O)c2cc(-c3nnc(C(F)F)o3)ccc2CN1[C@H](c1ccc(F)cn1)[C@@H](O)c1ccc(F)cn1. The Morgan fingerprint density at radius 2 is 1.61 bits per heavy atom. The minimum atomic E-state index is -4.31. The highest BCUT2D eigenvalue weighted by molar-refractivity contribution is 7.89. The maximum absolute atomic E-state index is 13.6. The fourth-order valence-electron chi connectivity index (χ4n) is 3.88. The predicted octanol–water partition coefficient (Wildman–Crippen LogP) is 3.72. The molecule has 0 aliphatic carbocycles. The van der Waals surface area contributed by atoms with E-state index in [1.54, 1.807) is 0 Å². The molecule has 0 spiro atoms. The fraction of sp³-hybridized carbons (Fsp3) is 0.182. The van der Waals surface area contributed by atoms with Crippen LogP contribution in [0.4, 0.5) is 17.6 Å². The number of nitrogens with zero attached hydrogens (tertiary/aromatic N) is 5. The highest BCUT2D eigenvalue weighted by Gasteiger charge is 2.44. The van der Waals surface area contributed by atoms with Crippen molar-refractivity contribution >= 4 is 10.0 Å². The standard InChI is InChI=1S/C22H15F4N5O4S/c23-13-3-5-15(27-8-13)18(19(32)16-6-4-14(24)9-28-16)31-10-12-2-1-11(7-17(12)36(31,33)34)21-29-30-22(35-21)20(25)26/h1-9,18-20,32H,10H2/t18-,19+/m1/s1. The quantitative estimate of drug-likeness (QED) is 0.381. The molecule has 9 nitrogen and oxygen atoms in total. The number of sulfonamides is 1. The van der Waals surface area contributed by atoms with Crippen LogP contribution in [-0.2, 0) is 16.6 Å². The summed E-state index contributed by atoms with van der Waals surface area (Å²) in [6, 6.07) is 7.25. The number of hydrogen-bond donors (Lipinski definition) is 1. The van der Waals surface area contributed by atoms with Crippen LogP contribution in [0.25, 0.3) is 11.5 Å². The van der Waals surface area contributed by atoms with Gasteiger partial charge in [0.05, 0.1) is 34.7 Å². The van der Waals surface area contributed by atoms with E-state index < -0.39 is 46.1 Å². The normalized spacial score (nSPS) is 16.7. The van der Waals surface area contributed by atoms with Crippen LogP contribution in [0.1, 0.15) is 41.4 Å². The molecule has 3 aromatic heterocycles. The molecule has 0 amide bonds. The van der Waals surface area contributed by atoms with Crippen molar-refractivity contribution in [1.29, 1.82) is 0 Å². The predicted molar refractivity (Wildman–Crippen MR) is 114 cm³/mol. The number of hydrogen-bond acceptors (Lipinski definition) is 8. The molecule has 14 heteroatoms. The van der Waals surface area contributed by atoms with E-state index in [2.05, 4.69) is 20.2 Å². The summed E-state index contributed by atoms with van der Waals surface area (Å²) in [4.78, 5) is 7.62. The van der Waals surface area contributed by atoms with Gasteiger partial charge in [0, 0.05) is 12.1 Å². The summed E-state index contributed by atoms with van der Waals surface area (Å²) >= 11 is 0. The van der Waals surface area contributed by atoms with Gasteiger partial charge in [-0.05, 0) is 42.0 Å². The smallest absolute Gasteiger partial charge is 0.314 e. The van der Waals surface area contributed by atoms with Gasteiger partial charge in [-0.3, -0.25) is 9.97 Å². The molecule has 2 atom stereocenters. The second-order valence-electron chi connectivity index (χ2n) is 7.81. The number of alkyl halides is 2. The zero-order chi connectivity index (χ0) is 25.6. The molecule has 1 aromatic carbocycles. The number of benzene rings is 1. The Hall–Kier alpha value is -3.75. The van der Waals surface area contributed by atoms with Gasteiger partial charge in [0.15, 0.2) is 0 Å². The lowest BCUT2D eigenvalue weighted by atomic mass is 10.0. The first kappa shape index (κ1) is 24.0. The minimum absolute atomic E-state index is 0.0186. The minimum Gasteiger partial charge on any atom is -0.415 e. The van der Waals surface area contributed by atoms with Crippen molar-refractivity contribution in [1.82, 2.24) is 24.5 Å². The number of rotatable bonds is 6. The van der Waals surface area contributed by atoms with Crippen LogP contribution in [0.2, 0.25) is 0 Å². The van der Waals surface area contributed by atoms with Crippen LogP contribution in [-0.4, -0.2) is 38.0 Å². The zero-order valence-corrected chi connectivity index (χ0v) is 18.8. The average molecular weight is 521 g/mol. The lowest BCUT2D eigenvalue weighted by molar-refractivity contribution is 0.0825. The molecule has 1 aliphatic rings. The third-order valence-corrected chi connectivity index (χ3v) is 7.48. The lowest BCUT2D eigenvalue weighted by Crippen LogP contribution is -2.34. The highest BCUT2D eigenvalue weighted by atomic mass is 32.2. The van der Waals surface area contributed by atoms with Crippen molar-refractivity contribution in [3.8, 4) is 11.5 Å². The van der Waals surface area contributed by atoms with Gasteiger partial charge in [-0.1, -0.05) is 6.07 Å². The first-order valence-corrected chi connectivity index (χ1v) is 11.8. The molecule has 186 valence electrons. The Bertz CT molecular complexity index is 1510. The van der Waals surface area contributed by atoms with E-state index >= 15 is 0 Å². The van der Waals surface area contributed by atoms with E-state index in [0.717, 1.165) is 28.8 Å². The average Bonchev–Trinajstić information content (AvgIpc) is 3.44. The maximum Gasteiger partial charge on any atom is 0.314 e. The molecule has 0 saturated carbocycles. The highest BCUT2D eigenvalue weighted by Crippen LogP contribution is 2.43. The van der Waals surface area contributed by atoms with E-state index in [4.69, 9.17) is 4.42 Å². The zero-order valence-electron chi connectivity index (χ0n) is 18.0.